The Morgan fingerprint density at radius 3 is 2.50 bits per heavy atom. The van der Waals surface area contributed by atoms with Gasteiger partial charge < -0.3 is 19.7 Å². The van der Waals surface area contributed by atoms with E-state index in [1.807, 2.05) is 0 Å². The molecule has 0 aromatic rings. The first-order chi connectivity index (χ1) is 15.1. The average Bonchev–Trinajstić information content (AvgIpc) is 3.20. The molecule has 2 saturated heterocycles. The second kappa shape index (κ2) is 7.02. The molecule has 5 heteroatoms. The largest absolute Gasteiger partial charge is 0.393 e. The minimum absolute atomic E-state index is 0.0725. The van der Waals surface area contributed by atoms with Crippen LogP contribution in [-0.2, 0) is 14.3 Å². The van der Waals surface area contributed by atoms with Crippen molar-refractivity contribution >= 4 is 5.78 Å². The molecule has 13 atom stereocenters. The number of carbonyl (C=O) groups excluding carboxylic acids is 1. The van der Waals surface area contributed by atoms with Crippen molar-refractivity contribution in [3.8, 4) is 0 Å². The Balaban J connectivity index is 1.34. The molecular formula is C27H42O5. The fraction of sp³-hybridized carbons (Fsp3) is 0.963. The maximum atomic E-state index is 14.0. The summed E-state index contributed by atoms with van der Waals surface area (Å²) < 4.78 is 13.1. The van der Waals surface area contributed by atoms with Gasteiger partial charge in [-0.2, -0.15) is 0 Å². The summed E-state index contributed by atoms with van der Waals surface area (Å²) in [5.74, 6) is 1.45. The van der Waals surface area contributed by atoms with Gasteiger partial charge in [-0.3, -0.25) is 4.79 Å². The lowest BCUT2D eigenvalue weighted by atomic mass is 9.43. The van der Waals surface area contributed by atoms with Crippen molar-refractivity contribution in [2.45, 2.75) is 103 Å². The number of ether oxygens (including phenoxy) is 2. The van der Waals surface area contributed by atoms with Crippen LogP contribution in [0, 0.1) is 52.3 Å². The molecule has 32 heavy (non-hydrogen) atoms. The minimum Gasteiger partial charge on any atom is -0.393 e. The number of aliphatic hydroxyl groups excluding tert-OH is 2. The Hall–Kier alpha value is -0.490. The molecule has 0 unspecified atom stereocenters. The Bertz CT molecular complexity index is 789. The van der Waals surface area contributed by atoms with E-state index < -0.39 is 17.3 Å². The van der Waals surface area contributed by atoms with Gasteiger partial charge in [-0.25, -0.2) is 0 Å². The van der Waals surface area contributed by atoms with E-state index >= 15 is 0 Å². The lowest BCUT2D eigenvalue weighted by Crippen LogP contribution is -2.64. The zero-order valence-electron chi connectivity index (χ0n) is 20.3. The van der Waals surface area contributed by atoms with E-state index in [2.05, 4.69) is 27.7 Å². The first-order valence-corrected chi connectivity index (χ1v) is 13.3. The highest BCUT2D eigenvalue weighted by atomic mass is 16.7. The van der Waals surface area contributed by atoms with E-state index in [1.165, 1.54) is 0 Å². The van der Waals surface area contributed by atoms with Crippen LogP contribution in [-0.4, -0.2) is 46.7 Å². The van der Waals surface area contributed by atoms with Gasteiger partial charge in [0.2, 0.25) is 0 Å². The molecule has 2 heterocycles. The predicted octanol–water partition coefficient (Wildman–Crippen LogP) is 3.94. The van der Waals surface area contributed by atoms with Gasteiger partial charge in [0.1, 0.15) is 6.10 Å². The van der Waals surface area contributed by atoms with Crippen LogP contribution in [0.5, 0.6) is 0 Å². The summed E-state index contributed by atoms with van der Waals surface area (Å²) in [5.41, 5.74) is -0.523. The minimum atomic E-state index is -0.921. The number of hydrogen-bond acceptors (Lipinski definition) is 5. The first-order valence-electron chi connectivity index (χ1n) is 13.3. The van der Waals surface area contributed by atoms with Crippen LogP contribution in [0.25, 0.3) is 0 Å². The highest BCUT2D eigenvalue weighted by Crippen LogP contribution is 2.70. The highest BCUT2D eigenvalue weighted by Gasteiger charge is 2.73. The van der Waals surface area contributed by atoms with Gasteiger partial charge in [0, 0.05) is 29.6 Å². The zero-order valence-corrected chi connectivity index (χ0v) is 20.3. The molecule has 0 bridgehead atoms. The maximum Gasteiger partial charge on any atom is 0.171 e. The van der Waals surface area contributed by atoms with E-state index in [0.29, 0.717) is 23.7 Å². The predicted molar refractivity (Wildman–Crippen MR) is 120 cm³/mol. The second-order valence-corrected chi connectivity index (χ2v) is 13.1. The van der Waals surface area contributed by atoms with Crippen molar-refractivity contribution < 1.29 is 24.5 Å². The van der Waals surface area contributed by atoms with Crippen LogP contribution < -0.4 is 0 Å². The molecule has 0 amide bonds. The lowest BCUT2D eigenvalue weighted by molar-refractivity contribution is -0.273. The molecule has 6 aliphatic rings. The molecular weight excluding hydrogens is 404 g/mol. The van der Waals surface area contributed by atoms with Crippen molar-refractivity contribution in [2.24, 2.45) is 52.3 Å². The van der Waals surface area contributed by atoms with Gasteiger partial charge >= 0.3 is 0 Å². The summed E-state index contributed by atoms with van der Waals surface area (Å²) >= 11 is 0. The van der Waals surface area contributed by atoms with E-state index in [9.17, 15) is 15.0 Å². The number of hydrogen-bond donors (Lipinski definition) is 2. The van der Waals surface area contributed by atoms with Crippen molar-refractivity contribution in [1.82, 2.24) is 0 Å². The second-order valence-electron chi connectivity index (χ2n) is 13.1. The number of carbonyl (C=O) groups is 1. The number of rotatable bonds is 0. The average molecular weight is 447 g/mol. The summed E-state index contributed by atoms with van der Waals surface area (Å²) in [7, 11) is 0. The summed E-state index contributed by atoms with van der Waals surface area (Å²) in [5, 5.41) is 22.0. The third kappa shape index (κ3) is 2.63. The summed E-state index contributed by atoms with van der Waals surface area (Å²) in [6.07, 6.45) is 6.54. The molecule has 2 aliphatic heterocycles. The lowest BCUT2D eigenvalue weighted by Gasteiger charge is -2.61. The van der Waals surface area contributed by atoms with Gasteiger partial charge in [0.05, 0.1) is 18.8 Å². The smallest absolute Gasteiger partial charge is 0.171 e. The third-order valence-electron chi connectivity index (χ3n) is 11.8. The summed E-state index contributed by atoms with van der Waals surface area (Å²) in [6.45, 7) is 9.70. The van der Waals surface area contributed by atoms with E-state index in [1.54, 1.807) is 0 Å². The van der Waals surface area contributed by atoms with Crippen LogP contribution in [0.2, 0.25) is 0 Å². The SMILES string of the molecule is C[C@H]1CC[C@@]2(OC1)O[C@H]1C[C@H]3[C@@H]4CC[C@H]5C[C@@H](O)CC[C@]5(C)[C@H]4C(=O)[C@@H](O)[C@]3(C)[C@H]1[C@H]2C. The molecule has 0 aromatic heterocycles. The molecule has 2 N–H and O–H groups in total. The number of aliphatic hydroxyl groups is 2. The van der Waals surface area contributed by atoms with Crippen LogP contribution in [0.3, 0.4) is 0 Å². The zero-order chi connectivity index (χ0) is 22.6. The van der Waals surface area contributed by atoms with Gasteiger partial charge in [-0.05, 0) is 74.0 Å². The molecule has 0 radical (unpaired) electrons. The topological polar surface area (TPSA) is 76.0 Å². The Kier molecular flexibility index (Phi) is 4.83. The van der Waals surface area contributed by atoms with Crippen molar-refractivity contribution in [3.05, 3.63) is 0 Å². The van der Waals surface area contributed by atoms with Crippen molar-refractivity contribution in [2.75, 3.05) is 6.61 Å². The normalized spacial score (nSPS) is 61.8. The van der Waals surface area contributed by atoms with Crippen molar-refractivity contribution in [3.63, 3.8) is 0 Å². The van der Waals surface area contributed by atoms with Crippen LogP contribution >= 0.6 is 0 Å². The van der Waals surface area contributed by atoms with Crippen molar-refractivity contribution in [1.29, 1.82) is 0 Å². The Morgan fingerprint density at radius 1 is 1.00 bits per heavy atom. The van der Waals surface area contributed by atoms with Gasteiger partial charge in [-0.1, -0.05) is 27.7 Å². The standard InChI is InChI=1S/C27H42O5/c1-14-7-10-27(31-13-14)15(2)21-20(32-27)12-19-18-6-5-16-11-17(28)8-9-25(16,3)22(18)23(29)24(30)26(19,21)4/h14-22,24,28,30H,5-13H2,1-4H3/t14-,15+,16-,17-,18-,19-,20-,21-,22+,24+,25-,26-,27+/m0/s1. The molecule has 0 aromatic carbocycles. The summed E-state index contributed by atoms with van der Waals surface area (Å²) in [4.78, 5) is 14.0. The van der Waals surface area contributed by atoms with Gasteiger partial charge in [0.15, 0.2) is 11.6 Å². The molecule has 4 aliphatic carbocycles. The molecule has 6 fully saturated rings. The number of ketones is 1. The van der Waals surface area contributed by atoms with E-state index in [4.69, 9.17) is 9.47 Å². The molecule has 180 valence electrons. The van der Waals surface area contributed by atoms with Crippen LogP contribution in [0.1, 0.15) is 79.1 Å². The Labute approximate surface area is 192 Å². The monoisotopic (exact) mass is 446 g/mol. The number of fused-ring (bicyclic) bond motifs is 7. The maximum absolute atomic E-state index is 14.0. The highest BCUT2D eigenvalue weighted by molar-refractivity contribution is 5.88. The quantitative estimate of drug-likeness (QED) is 0.589. The van der Waals surface area contributed by atoms with Crippen LogP contribution in [0.4, 0.5) is 0 Å². The molecule has 4 saturated carbocycles. The fourth-order valence-corrected chi connectivity index (χ4v) is 10.0. The Morgan fingerprint density at radius 2 is 1.78 bits per heavy atom. The molecule has 5 nitrogen and oxygen atoms in total. The van der Waals surface area contributed by atoms with E-state index in [0.717, 1.165) is 58.0 Å². The third-order valence-corrected chi connectivity index (χ3v) is 11.8. The van der Waals surface area contributed by atoms with Crippen LogP contribution in [0.15, 0.2) is 0 Å². The summed E-state index contributed by atoms with van der Waals surface area (Å²) in [6, 6.07) is 0. The van der Waals surface area contributed by atoms with Gasteiger partial charge in [0.25, 0.3) is 0 Å². The first kappa shape index (κ1) is 22.0. The fourth-order valence-electron chi connectivity index (χ4n) is 10.0. The van der Waals surface area contributed by atoms with Gasteiger partial charge in [-0.15, -0.1) is 0 Å². The van der Waals surface area contributed by atoms with E-state index in [-0.39, 0.29) is 41.2 Å². The molecule has 1 spiro atoms. The number of Topliss-reactive ketones (excluding diaryl/α,β-unsaturated/α-hetero) is 1. The molecule has 6 rings (SSSR count).